The van der Waals surface area contributed by atoms with Crippen molar-refractivity contribution in [3.63, 3.8) is 0 Å². The minimum atomic E-state index is 0.731. The number of thiophene rings is 1. The number of hydrogen-bond acceptors (Lipinski definition) is 5. The fourth-order valence-electron chi connectivity index (χ4n) is 2.02. The van der Waals surface area contributed by atoms with E-state index in [0.29, 0.717) is 0 Å². The monoisotopic (exact) mass is 307 g/mol. The highest BCUT2D eigenvalue weighted by atomic mass is 32.2. The van der Waals surface area contributed by atoms with E-state index in [1.165, 1.54) is 20.2 Å². The van der Waals surface area contributed by atoms with Crippen LogP contribution in [0.15, 0.2) is 17.2 Å². The lowest BCUT2D eigenvalue weighted by Gasteiger charge is -2.15. The second kappa shape index (κ2) is 7.09. The normalized spacial score (nSPS) is 12.0. The molecular weight excluding hydrogens is 286 g/mol. The second-order valence-corrected chi connectivity index (χ2v) is 6.37. The number of hydrogen-bond donors (Lipinski definition) is 1. The summed E-state index contributed by atoms with van der Waals surface area (Å²) in [6.45, 7) is 9.11. The Bertz CT molecular complexity index is 578. The number of rotatable bonds is 3. The van der Waals surface area contributed by atoms with Crippen LogP contribution >= 0.6 is 23.1 Å². The summed E-state index contributed by atoms with van der Waals surface area (Å²) < 4.78 is 0. The molecule has 3 nitrogen and oxygen atoms in total. The molecule has 0 saturated heterocycles. The minimum absolute atomic E-state index is 0.731. The highest BCUT2D eigenvalue weighted by molar-refractivity contribution is 7.98. The zero-order valence-electron chi connectivity index (χ0n) is 12.5. The molecule has 0 aromatic carbocycles. The molecule has 0 unspecified atom stereocenters. The predicted molar refractivity (Wildman–Crippen MR) is 89.8 cm³/mol. The Hall–Kier alpha value is -1.07. The van der Waals surface area contributed by atoms with Gasteiger partial charge >= 0.3 is 0 Å². The number of anilines is 1. The molecule has 2 aromatic heterocycles. The van der Waals surface area contributed by atoms with Gasteiger partial charge in [0.1, 0.15) is 0 Å². The fraction of sp³-hybridized carbons (Fsp3) is 0.467. The summed E-state index contributed by atoms with van der Waals surface area (Å²) in [6.07, 6.45) is 3.04. The van der Waals surface area contributed by atoms with Gasteiger partial charge in [-0.25, -0.2) is 9.97 Å². The summed E-state index contributed by atoms with van der Waals surface area (Å²) in [5.41, 5.74) is 2.41. The van der Waals surface area contributed by atoms with Crippen molar-refractivity contribution in [1.29, 1.82) is 0 Å². The Balaban J connectivity index is 0.000000704. The van der Waals surface area contributed by atoms with Crippen LogP contribution in [0.1, 0.15) is 37.4 Å². The first kappa shape index (κ1) is 15.3. The van der Waals surface area contributed by atoms with Crippen LogP contribution in [0.4, 0.5) is 5.95 Å². The lowest BCUT2D eigenvalue weighted by molar-refractivity contribution is 1.05. The van der Waals surface area contributed by atoms with Gasteiger partial charge in [-0.05, 0) is 19.4 Å². The molecule has 3 rings (SSSR count). The maximum Gasteiger partial charge on any atom is 0.223 e. The molecule has 2 aromatic rings. The van der Waals surface area contributed by atoms with Gasteiger partial charge in [-0.1, -0.05) is 20.8 Å². The van der Waals surface area contributed by atoms with Crippen molar-refractivity contribution in [3.05, 3.63) is 22.0 Å². The standard InChI is InChI=1S/C13H15N3S2.C2H6/c1-3-8-5-9-11(18-8)7-17-10-6-15-13(14-4-2)16-12(9)10;1-2/h5-6H,3-4,7H2,1-2H3,(H,14,15,16);1-2H3. The van der Waals surface area contributed by atoms with Crippen LogP contribution in [0.5, 0.6) is 0 Å². The second-order valence-electron chi connectivity index (χ2n) is 4.13. The first-order valence-corrected chi connectivity index (χ1v) is 8.97. The summed E-state index contributed by atoms with van der Waals surface area (Å²) >= 11 is 3.76. The topological polar surface area (TPSA) is 37.8 Å². The zero-order valence-corrected chi connectivity index (χ0v) is 14.1. The number of thioether (sulfide) groups is 1. The average Bonchev–Trinajstić information content (AvgIpc) is 2.93. The molecule has 0 spiro atoms. The summed E-state index contributed by atoms with van der Waals surface area (Å²) in [4.78, 5) is 13.1. The van der Waals surface area contributed by atoms with Gasteiger partial charge in [0.2, 0.25) is 5.95 Å². The third-order valence-electron chi connectivity index (χ3n) is 2.91. The van der Waals surface area contributed by atoms with Gasteiger partial charge in [0.25, 0.3) is 0 Å². The van der Waals surface area contributed by atoms with Gasteiger partial charge < -0.3 is 5.32 Å². The molecule has 0 amide bonds. The minimum Gasteiger partial charge on any atom is -0.354 e. The van der Waals surface area contributed by atoms with Crippen LogP contribution in [-0.2, 0) is 12.2 Å². The maximum atomic E-state index is 4.66. The number of aryl methyl sites for hydroxylation is 1. The fourth-order valence-corrected chi connectivity index (χ4v) is 4.20. The molecule has 0 atom stereocenters. The Morgan fingerprint density at radius 3 is 2.80 bits per heavy atom. The van der Waals surface area contributed by atoms with Crippen LogP contribution < -0.4 is 5.32 Å². The van der Waals surface area contributed by atoms with E-state index in [1.807, 2.05) is 43.1 Å². The highest BCUT2D eigenvalue weighted by Crippen LogP contribution is 2.44. The molecule has 1 N–H and O–H groups in total. The van der Waals surface area contributed by atoms with E-state index >= 15 is 0 Å². The Morgan fingerprint density at radius 2 is 2.10 bits per heavy atom. The molecular formula is C15H21N3S2. The first-order chi connectivity index (χ1) is 9.81. The molecule has 0 aliphatic carbocycles. The van der Waals surface area contributed by atoms with Crippen molar-refractivity contribution in [3.8, 4) is 11.3 Å². The van der Waals surface area contributed by atoms with E-state index in [-0.39, 0.29) is 0 Å². The van der Waals surface area contributed by atoms with Crippen LogP contribution in [0.3, 0.4) is 0 Å². The quantitative estimate of drug-likeness (QED) is 0.881. The van der Waals surface area contributed by atoms with E-state index in [1.54, 1.807) is 0 Å². The number of fused-ring (bicyclic) bond motifs is 3. The molecule has 3 heterocycles. The van der Waals surface area contributed by atoms with E-state index < -0.39 is 0 Å². The van der Waals surface area contributed by atoms with Crippen molar-refractivity contribution in [2.24, 2.45) is 0 Å². The van der Waals surface area contributed by atoms with Crippen LogP contribution in [0, 0.1) is 0 Å². The molecule has 0 saturated carbocycles. The Kier molecular flexibility index (Phi) is 5.43. The molecule has 0 bridgehead atoms. The lowest BCUT2D eigenvalue weighted by atomic mass is 10.1. The molecule has 108 valence electrons. The Morgan fingerprint density at radius 1 is 1.30 bits per heavy atom. The van der Waals surface area contributed by atoms with Gasteiger partial charge in [0, 0.05) is 33.8 Å². The zero-order chi connectivity index (χ0) is 14.5. The van der Waals surface area contributed by atoms with E-state index in [0.717, 1.165) is 30.4 Å². The van der Waals surface area contributed by atoms with Crippen molar-refractivity contribution in [2.75, 3.05) is 11.9 Å². The SMILES string of the molecule is CC.CCNc1ncc2c(n1)-c1cc(CC)sc1CS2. The van der Waals surface area contributed by atoms with Gasteiger partial charge in [0.05, 0.1) is 10.6 Å². The number of nitrogens with one attached hydrogen (secondary N) is 1. The summed E-state index contributed by atoms with van der Waals surface area (Å²) in [5.74, 6) is 1.78. The maximum absolute atomic E-state index is 4.66. The van der Waals surface area contributed by atoms with Gasteiger partial charge in [-0.15, -0.1) is 23.1 Å². The lowest BCUT2D eigenvalue weighted by Crippen LogP contribution is -2.04. The van der Waals surface area contributed by atoms with E-state index in [4.69, 9.17) is 0 Å². The average molecular weight is 307 g/mol. The summed E-state index contributed by atoms with van der Waals surface area (Å²) in [5, 5.41) is 3.18. The molecule has 1 aliphatic rings. The highest BCUT2D eigenvalue weighted by Gasteiger charge is 2.21. The van der Waals surface area contributed by atoms with Crippen molar-refractivity contribution in [2.45, 2.75) is 44.8 Å². The first-order valence-electron chi connectivity index (χ1n) is 7.17. The number of nitrogens with zero attached hydrogens (tertiary/aromatic N) is 2. The summed E-state index contributed by atoms with van der Waals surface area (Å²) in [6, 6.07) is 2.29. The molecule has 5 heteroatoms. The predicted octanol–water partition coefficient (Wildman–Crippen LogP) is 4.83. The third-order valence-corrected chi connectivity index (χ3v) is 5.42. The molecule has 0 fully saturated rings. The molecule has 20 heavy (non-hydrogen) atoms. The molecule has 1 aliphatic heterocycles. The van der Waals surface area contributed by atoms with Crippen molar-refractivity contribution in [1.82, 2.24) is 9.97 Å². The smallest absolute Gasteiger partial charge is 0.223 e. The Labute approximate surface area is 129 Å². The summed E-state index contributed by atoms with van der Waals surface area (Å²) in [7, 11) is 0. The molecule has 0 radical (unpaired) electrons. The van der Waals surface area contributed by atoms with E-state index in [2.05, 4.69) is 35.2 Å². The van der Waals surface area contributed by atoms with Gasteiger partial charge in [-0.2, -0.15) is 0 Å². The van der Waals surface area contributed by atoms with Crippen molar-refractivity contribution >= 4 is 29.0 Å². The van der Waals surface area contributed by atoms with Crippen LogP contribution in [0.2, 0.25) is 0 Å². The van der Waals surface area contributed by atoms with E-state index in [9.17, 15) is 0 Å². The van der Waals surface area contributed by atoms with Crippen molar-refractivity contribution < 1.29 is 0 Å². The van der Waals surface area contributed by atoms with Crippen LogP contribution in [0.25, 0.3) is 11.3 Å². The largest absolute Gasteiger partial charge is 0.354 e. The van der Waals surface area contributed by atoms with Crippen LogP contribution in [-0.4, -0.2) is 16.5 Å². The van der Waals surface area contributed by atoms with Gasteiger partial charge in [-0.3, -0.25) is 0 Å². The van der Waals surface area contributed by atoms with Gasteiger partial charge in [0.15, 0.2) is 0 Å². The third kappa shape index (κ3) is 2.99. The number of aromatic nitrogens is 2.